The summed E-state index contributed by atoms with van der Waals surface area (Å²) in [6, 6.07) is 0. The van der Waals surface area contributed by atoms with Crippen molar-refractivity contribution in [3.63, 3.8) is 0 Å². The molecule has 1 aromatic rings. The first-order valence-electron chi connectivity index (χ1n) is 4.69. The van der Waals surface area contributed by atoms with E-state index in [2.05, 4.69) is 11.7 Å². The van der Waals surface area contributed by atoms with Crippen LogP contribution in [0.4, 0.5) is 0 Å². The molecule has 0 radical (unpaired) electrons. The molecule has 0 aliphatic heterocycles. The number of rotatable bonds is 4. The van der Waals surface area contributed by atoms with Gasteiger partial charge in [-0.1, -0.05) is 6.58 Å². The number of esters is 1. The minimum absolute atomic E-state index is 0.273. The Labute approximate surface area is 88.5 Å². The van der Waals surface area contributed by atoms with Crippen molar-refractivity contribution in [3.05, 3.63) is 24.0 Å². The first kappa shape index (κ1) is 11.5. The summed E-state index contributed by atoms with van der Waals surface area (Å²) in [6.07, 6.45) is 1.71. The van der Waals surface area contributed by atoms with E-state index >= 15 is 0 Å². The van der Waals surface area contributed by atoms with E-state index in [9.17, 15) is 4.79 Å². The number of hydrogen-bond acceptors (Lipinski definition) is 4. The third-order valence-electron chi connectivity index (χ3n) is 1.92. The first-order chi connectivity index (χ1) is 7.10. The van der Waals surface area contributed by atoms with Crippen LogP contribution >= 0.6 is 0 Å². The second kappa shape index (κ2) is 4.75. The highest BCUT2D eigenvalue weighted by Crippen LogP contribution is 2.16. The van der Waals surface area contributed by atoms with Gasteiger partial charge in [0.15, 0.2) is 5.69 Å². The molecule has 0 bridgehead atoms. The third-order valence-corrected chi connectivity index (χ3v) is 1.92. The smallest absolute Gasteiger partial charge is 0.359 e. The average molecular weight is 209 g/mol. The van der Waals surface area contributed by atoms with Crippen LogP contribution < -0.4 is 5.73 Å². The molecular formula is C10H15N3O2. The summed E-state index contributed by atoms with van der Waals surface area (Å²) < 4.78 is 6.42. The molecule has 1 rings (SSSR count). The quantitative estimate of drug-likeness (QED) is 0.736. The topological polar surface area (TPSA) is 70.1 Å². The summed E-state index contributed by atoms with van der Waals surface area (Å²) in [6.45, 7) is 6.14. The Balaban J connectivity index is 3.06. The fourth-order valence-corrected chi connectivity index (χ4v) is 1.21. The number of carbonyl (C=O) groups excluding carboxylic acids is 1. The number of carbonyl (C=O) groups is 1. The van der Waals surface area contributed by atoms with Gasteiger partial charge in [-0.15, -0.1) is 0 Å². The van der Waals surface area contributed by atoms with E-state index in [-0.39, 0.29) is 12.2 Å². The lowest BCUT2D eigenvalue weighted by Gasteiger charge is -2.02. The van der Waals surface area contributed by atoms with Crippen LogP contribution in [0.5, 0.6) is 0 Å². The van der Waals surface area contributed by atoms with Gasteiger partial charge in [-0.2, -0.15) is 5.10 Å². The van der Waals surface area contributed by atoms with E-state index in [1.807, 2.05) is 0 Å². The van der Waals surface area contributed by atoms with E-state index in [0.717, 1.165) is 0 Å². The van der Waals surface area contributed by atoms with E-state index in [1.165, 1.54) is 0 Å². The molecule has 0 atom stereocenters. The summed E-state index contributed by atoms with van der Waals surface area (Å²) in [7, 11) is 1.73. The van der Waals surface area contributed by atoms with Gasteiger partial charge in [0.05, 0.1) is 6.61 Å². The summed E-state index contributed by atoms with van der Waals surface area (Å²) in [5.41, 5.74) is 7.06. The van der Waals surface area contributed by atoms with Gasteiger partial charge >= 0.3 is 5.97 Å². The van der Waals surface area contributed by atoms with Crippen LogP contribution in [-0.4, -0.2) is 28.9 Å². The fraction of sp³-hybridized carbons (Fsp3) is 0.400. The van der Waals surface area contributed by atoms with E-state index in [1.54, 1.807) is 24.9 Å². The number of hydrogen-bond donors (Lipinski definition) is 1. The molecule has 0 saturated heterocycles. The van der Waals surface area contributed by atoms with Gasteiger partial charge in [-0.3, -0.25) is 4.68 Å². The van der Waals surface area contributed by atoms with Crippen molar-refractivity contribution in [2.24, 2.45) is 12.8 Å². The average Bonchev–Trinajstić information content (AvgIpc) is 2.59. The molecule has 0 aromatic carbocycles. The zero-order valence-corrected chi connectivity index (χ0v) is 8.99. The van der Waals surface area contributed by atoms with Crippen molar-refractivity contribution < 1.29 is 9.53 Å². The normalized spacial score (nSPS) is 10.1. The monoisotopic (exact) mass is 209 g/mol. The Morgan fingerprint density at radius 1 is 1.73 bits per heavy atom. The van der Waals surface area contributed by atoms with Gasteiger partial charge in [0.25, 0.3) is 0 Å². The third kappa shape index (κ3) is 2.44. The molecule has 5 nitrogen and oxygen atoms in total. The molecule has 0 amide bonds. The second-order valence-electron chi connectivity index (χ2n) is 3.09. The van der Waals surface area contributed by atoms with Gasteiger partial charge in [-0.25, -0.2) is 4.79 Å². The van der Waals surface area contributed by atoms with Crippen molar-refractivity contribution in [2.45, 2.75) is 6.92 Å². The van der Waals surface area contributed by atoms with Crippen molar-refractivity contribution in [1.82, 2.24) is 9.78 Å². The Hall–Kier alpha value is -1.62. The Kier molecular flexibility index (Phi) is 3.62. The Bertz CT molecular complexity index is 382. The largest absolute Gasteiger partial charge is 0.461 e. The van der Waals surface area contributed by atoms with Crippen LogP contribution in [0.15, 0.2) is 12.8 Å². The predicted octanol–water partition coefficient (Wildman–Crippen LogP) is 0.569. The Morgan fingerprint density at radius 2 is 2.40 bits per heavy atom. The lowest BCUT2D eigenvalue weighted by Crippen LogP contribution is -2.10. The lowest BCUT2D eigenvalue weighted by atomic mass is 10.1. The van der Waals surface area contributed by atoms with Crippen LogP contribution in [0.3, 0.4) is 0 Å². The number of nitrogens with zero attached hydrogens (tertiary/aromatic N) is 2. The number of ether oxygens (including phenoxy) is 1. The molecule has 0 aliphatic carbocycles. The summed E-state index contributed by atoms with van der Waals surface area (Å²) >= 11 is 0. The van der Waals surface area contributed by atoms with Gasteiger partial charge in [0.2, 0.25) is 0 Å². The van der Waals surface area contributed by atoms with Gasteiger partial charge in [0, 0.05) is 25.4 Å². The SMILES string of the molecule is C=C(CN)c1cn(C)nc1C(=O)OCC. The summed E-state index contributed by atoms with van der Waals surface area (Å²) in [4.78, 5) is 11.5. The van der Waals surface area contributed by atoms with Crippen LogP contribution in [0, 0.1) is 0 Å². The maximum atomic E-state index is 11.5. The minimum Gasteiger partial charge on any atom is -0.461 e. The van der Waals surface area contributed by atoms with Crippen LogP contribution in [0.1, 0.15) is 23.0 Å². The van der Waals surface area contributed by atoms with Gasteiger partial charge in [-0.05, 0) is 12.5 Å². The van der Waals surface area contributed by atoms with Crippen molar-refractivity contribution in [3.8, 4) is 0 Å². The molecular weight excluding hydrogens is 194 g/mol. The van der Waals surface area contributed by atoms with Crippen molar-refractivity contribution in [2.75, 3.05) is 13.2 Å². The molecule has 2 N–H and O–H groups in total. The molecule has 0 aliphatic rings. The zero-order valence-electron chi connectivity index (χ0n) is 8.99. The number of nitrogens with two attached hydrogens (primary N) is 1. The minimum atomic E-state index is -0.442. The highest BCUT2D eigenvalue weighted by atomic mass is 16.5. The molecule has 1 aromatic heterocycles. The predicted molar refractivity (Wildman–Crippen MR) is 57.3 cm³/mol. The van der Waals surface area contributed by atoms with E-state index < -0.39 is 5.97 Å². The summed E-state index contributed by atoms with van der Waals surface area (Å²) in [5.74, 6) is -0.442. The van der Waals surface area contributed by atoms with E-state index in [0.29, 0.717) is 17.7 Å². The van der Waals surface area contributed by atoms with Crippen molar-refractivity contribution in [1.29, 1.82) is 0 Å². The van der Waals surface area contributed by atoms with E-state index in [4.69, 9.17) is 10.5 Å². The highest BCUT2D eigenvalue weighted by Gasteiger charge is 2.18. The number of aryl methyl sites for hydroxylation is 1. The van der Waals surface area contributed by atoms with Crippen LogP contribution in [0.25, 0.3) is 5.57 Å². The molecule has 0 fully saturated rings. The molecule has 82 valence electrons. The van der Waals surface area contributed by atoms with Gasteiger partial charge in [0.1, 0.15) is 0 Å². The second-order valence-corrected chi connectivity index (χ2v) is 3.09. The molecule has 0 unspecified atom stereocenters. The Morgan fingerprint density at radius 3 is 2.93 bits per heavy atom. The standard InChI is InChI=1S/C10H15N3O2/c1-4-15-10(14)9-8(7(2)5-11)6-13(3)12-9/h6H,2,4-5,11H2,1,3H3. The van der Waals surface area contributed by atoms with Crippen molar-refractivity contribution >= 4 is 11.5 Å². The van der Waals surface area contributed by atoms with Crippen LogP contribution in [-0.2, 0) is 11.8 Å². The van der Waals surface area contributed by atoms with Crippen LogP contribution in [0.2, 0.25) is 0 Å². The molecule has 1 heterocycles. The first-order valence-corrected chi connectivity index (χ1v) is 4.69. The fourth-order valence-electron chi connectivity index (χ4n) is 1.21. The maximum Gasteiger partial charge on any atom is 0.359 e. The molecule has 0 spiro atoms. The number of aromatic nitrogens is 2. The van der Waals surface area contributed by atoms with Gasteiger partial charge < -0.3 is 10.5 Å². The lowest BCUT2D eigenvalue weighted by molar-refractivity contribution is 0.0518. The molecule has 15 heavy (non-hydrogen) atoms. The maximum absolute atomic E-state index is 11.5. The highest BCUT2D eigenvalue weighted by molar-refractivity contribution is 5.93. The molecule has 5 heteroatoms. The molecule has 0 saturated carbocycles. The zero-order chi connectivity index (χ0) is 11.4. The summed E-state index contributed by atoms with van der Waals surface area (Å²) in [5, 5.41) is 4.02.